The number of aryl methyl sites for hydroxylation is 2. The number of anilines is 1. The van der Waals surface area contributed by atoms with Gasteiger partial charge in [-0.05, 0) is 18.1 Å². The molecule has 0 fully saturated rings. The molecular formula is C18H21N5O2. The van der Waals surface area contributed by atoms with E-state index in [2.05, 4.69) is 32.3 Å². The second-order valence-electron chi connectivity index (χ2n) is 6.63. The van der Waals surface area contributed by atoms with E-state index in [4.69, 9.17) is 0 Å². The van der Waals surface area contributed by atoms with E-state index in [1.54, 1.807) is 0 Å². The third-order valence-corrected chi connectivity index (χ3v) is 5.00. The number of hydrogen-bond donors (Lipinski definition) is 2. The minimum atomic E-state index is -0.432. The second kappa shape index (κ2) is 6.31. The van der Waals surface area contributed by atoms with Gasteiger partial charge in [-0.15, -0.1) is 10.2 Å². The molecule has 2 aromatic rings. The van der Waals surface area contributed by atoms with Crippen molar-refractivity contribution in [2.75, 3.05) is 5.32 Å². The average Bonchev–Trinajstić information content (AvgIpc) is 3.03. The highest BCUT2D eigenvalue weighted by Gasteiger charge is 2.32. The van der Waals surface area contributed by atoms with Gasteiger partial charge in [0.1, 0.15) is 11.6 Å². The maximum atomic E-state index is 12.8. The van der Waals surface area contributed by atoms with E-state index in [9.17, 15) is 9.59 Å². The minimum Gasteiger partial charge on any atom is -0.351 e. The quantitative estimate of drug-likeness (QED) is 0.884. The monoisotopic (exact) mass is 339 g/mol. The Bertz CT molecular complexity index is 815. The van der Waals surface area contributed by atoms with E-state index in [-0.39, 0.29) is 24.3 Å². The van der Waals surface area contributed by atoms with Crippen LogP contribution in [0.2, 0.25) is 0 Å². The number of para-hydroxylation sites is 1. The van der Waals surface area contributed by atoms with Crippen LogP contribution < -0.4 is 10.6 Å². The number of nitrogens with one attached hydrogen (secondary N) is 2. The fourth-order valence-electron chi connectivity index (χ4n) is 3.71. The number of carbonyl (C=O) groups is 2. The van der Waals surface area contributed by atoms with Crippen LogP contribution in [0.5, 0.6) is 0 Å². The molecule has 2 N–H and O–H groups in total. The normalized spacial score (nSPS) is 21.9. The fourth-order valence-corrected chi connectivity index (χ4v) is 3.71. The van der Waals surface area contributed by atoms with Crippen LogP contribution in [0.3, 0.4) is 0 Å². The number of aromatic nitrogens is 3. The molecule has 2 atom stereocenters. The predicted octanol–water partition coefficient (Wildman–Crippen LogP) is 1.40. The lowest BCUT2D eigenvalue weighted by Crippen LogP contribution is -2.44. The zero-order valence-corrected chi connectivity index (χ0v) is 14.2. The first-order valence-corrected chi connectivity index (χ1v) is 8.75. The summed E-state index contributed by atoms with van der Waals surface area (Å²) in [5.41, 5.74) is 1.62. The lowest BCUT2D eigenvalue weighted by Gasteiger charge is -2.29. The molecule has 0 unspecified atom stereocenters. The third kappa shape index (κ3) is 2.90. The standard InChI is InChI=1S/C18H21N5O2/c1-2-15-21-22-16-8-7-11(10-23(15)16)19-18(25)13-9-17(24)20-14-6-4-3-5-12(13)14/h3-6,11,13H,2,7-10H2,1H3,(H,19,25)(H,20,24)/t11-,13-/m0/s1. The Kier molecular flexibility index (Phi) is 3.99. The Labute approximate surface area is 145 Å². The first-order valence-electron chi connectivity index (χ1n) is 8.75. The van der Waals surface area contributed by atoms with E-state index in [1.165, 1.54) is 0 Å². The summed E-state index contributed by atoms with van der Waals surface area (Å²) in [6.07, 6.45) is 2.66. The lowest BCUT2D eigenvalue weighted by molar-refractivity contribution is -0.127. The summed E-state index contributed by atoms with van der Waals surface area (Å²) < 4.78 is 2.11. The molecule has 25 heavy (non-hydrogen) atoms. The average molecular weight is 339 g/mol. The van der Waals surface area contributed by atoms with Gasteiger partial charge >= 0.3 is 0 Å². The van der Waals surface area contributed by atoms with Gasteiger partial charge in [0, 0.05) is 37.5 Å². The highest BCUT2D eigenvalue weighted by molar-refractivity contribution is 6.01. The van der Waals surface area contributed by atoms with Gasteiger partial charge in [-0.3, -0.25) is 9.59 Å². The van der Waals surface area contributed by atoms with Gasteiger partial charge in [0.05, 0.1) is 5.92 Å². The molecule has 2 amide bonds. The summed E-state index contributed by atoms with van der Waals surface area (Å²) in [5.74, 6) is 1.32. The van der Waals surface area contributed by atoms with Crippen LogP contribution in [0.25, 0.3) is 0 Å². The van der Waals surface area contributed by atoms with Crippen LogP contribution in [-0.2, 0) is 29.0 Å². The molecule has 0 saturated heterocycles. The van der Waals surface area contributed by atoms with Crippen molar-refractivity contribution in [1.82, 2.24) is 20.1 Å². The van der Waals surface area contributed by atoms with Gasteiger partial charge in [0.2, 0.25) is 11.8 Å². The molecule has 0 bridgehead atoms. The van der Waals surface area contributed by atoms with E-state index in [0.29, 0.717) is 6.54 Å². The number of fused-ring (bicyclic) bond motifs is 2. The Morgan fingerprint density at radius 2 is 2.20 bits per heavy atom. The number of rotatable bonds is 3. The molecule has 7 nitrogen and oxygen atoms in total. The first kappa shape index (κ1) is 15.8. The molecule has 0 aliphatic carbocycles. The van der Waals surface area contributed by atoms with Gasteiger partial charge in [0.25, 0.3) is 0 Å². The molecule has 130 valence electrons. The van der Waals surface area contributed by atoms with Crippen molar-refractivity contribution >= 4 is 17.5 Å². The van der Waals surface area contributed by atoms with Gasteiger partial charge in [-0.2, -0.15) is 0 Å². The molecule has 4 rings (SSSR count). The van der Waals surface area contributed by atoms with Gasteiger partial charge in [-0.1, -0.05) is 25.1 Å². The van der Waals surface area contributed by atoms with Crippen molar-refractivity contribution in [3.63, 3.8) is 0 Å². The van der Waals surface area contributed by atoms with Crippen LogP contribution in [0.4, 0.5) is 5.69 Å². The Morgan fingerprint density at radius 3 is 3.04 bits per heavy atom. The summed E-state index contributed by atoms with van der Waals surface area (Å²) in [7, 11) is 0. The summed E-state index contributed by atoms with van der Waals surface area (Å²) in [5, 5.41) is 14.4. The molecule has 0 radical (unpaired) electrons. The highest BCUT2D eigenvalue weighted by Crippen LogP contribution is 2.32. The van der Waals surface area contributed by atoms with Gasteiger partial charge in [-0.25, -0.2) is 0 Å². The van der Waals surface area contributed by atoms with Crippen molar-refractivity contribution in [2.45, 2.75) is 51.1 Å². The van der Waals surface area contributed by atoms with E-state index in [0.717, 1.165) is 42.2 Å². The summed E-state index contributed by atoms with van der Waals surface area (Å²) in [4.78, 5) is 24.8. The Morgan fingerprint density at radius 1 is 1.36 bits per heavy atom. The molecule has 1 aromatic carbocycles. The van der Waals surface area contributed by atoms with Crippen LogP contribution >= 0.6 is 0 Å². The van der Waals surface area contributed by atoms with Crippen LogP contribution in [-0.4, -0.2) is 32.6 Å². The first-order chi connectivity index (χ1) is 12.2. The number of nitrogens with zero attached hydrogens (tertiary/aromatic N) is 3. The fraction of sp³-hybridized carbons (Fsp3) is 0.444. The SMILES string of the molecule is CCc1nnc2n1C[C@@H](NC(=O)[C@H]1CC(=O)Nc3ccccc31)CC2. The zero-order chi connectivity index (χ0) is 17.4. The molecule has 2 aliphatic heterocycles. The topological polar surface area (TPSA) is 88.9 Å². The number of amides is 2. The van der Waals surface area contributed by atoms with Crippen molar-refractivity contribution in [3.05, 3.63) is 41.5 Å². The van der Waals surface area contributed by atoms with Crippen molar-refractivity contribution in [2.24, 2.45) is 0 Å². The highest BCUT2D eigenvalue weighted by atomic mass is 16.2. The number of hydrogen-bond acceptors (Lipinski definition) is 4. The van der Waals surface area contributed by atoms with E-state index >= 15 is 0 Å². The molecule has 7 heteroatoms. The maximum absolute atomic E-state index is 12.8. The van der Waals surface area contributed by atoms with Crippen molar-refractivity contribution in [3.8, 4) is 0 Å². The van der Waals surface area contributed by atoms with Crippen LogP contribution in [0.15, 0.2) is 24.3 Å². The van der Waals surface area contributed by atoms with Crippen LogP contribution in [0.1, 0.15) is 42.9 Å². The Balaban J connectivity index is 1.51. The largest absolute Gasteiger partial charge is 0.351 e. The lowest BCUT2D eigenvalue weighted by atomic mass is 9.89. The smallest absolute Gasteiger partial charge is 0.228 e. The molecule has 0 saturated carbocycles. The van der Waals surface area contributed by atoms with Crippen molar-refractivity contribution in [1.29, 1.82) is 0 Å². The predicted molar refractivity (Wildman–Crippen MR) is 92.1 cm³/mol. The van der Waals surface area contributed by atoms with Crippen molar-refractivity contribution < 1.29 is 9.59 Å². The van der Waals surface area contributed by atoms with E-state index < -0.39 is 5.92 Å². The van der Waals surface area contributed by atoms with E-state index in [1.807, 2.05) is 24.3 Å². The molecule has 1 aromatic heterocycles. The van der Waals surface area contributed by atoms with Gasteiger partial charge in [0.15, 0.2) is 0 Å². The summed E-state index contributed by atoms with van der Waals surface area (Å²) in [6.45, 7) is 2.74. The molecule has 0 spiro atoms. The maximum Gasteiger partial charge on any atom is 0.228 e. The molecular weight excluding hydrogens is 318 g/mol. The summed E-state index contributed by atoms with van der Waals surface area (Å²) in [6, 6.07) is 7.55. The van der Waals surface area contributed by atoms with Crippen LogP contribution in [0, 0.1) is 0 Å². The third-order valence-electron chi connectivity index (χ3n) is 5.00. The Hall–Kier alpha value is -2.70. The number of benzene rings is 1. The zero-order valence-electron chi connectivity index (χ0n) is 14.2. The summed E-state index contributed by atoms with van der Waals surface area (Å²) >= 11 is 0. The molecule has 3 heterocycles. The van der Waals surface area contributed by atoms with Gasteiger partial charge < -0.3 is 15.2 Å². The second-order valence-corrected chi connectivity index (χ2v) is 6.63. The number of carbonyl (C=O) groups excluding carboxylic acids is 2. The molecule has 2 aliphatic rings. The minimum absolute atomic E-state index is 0.0402.